The quantitative estimate of drug-likeness (QED) is 0.776. The van der Waals surface area contributed by atoms with Crippen LogP contribution in [0.3, 0.4) is 0 Å². The van der Waals surface area contributed by atoms with E-state index in [4.69, 9.17) is 9.47 Å². The number of hydrogen-bond acceptors (Lipinski definition) is 4. The van der Waals surface area contributed by atoms with Crippen molar-refractivity contribution >= 4 is 0 Å². The molecular weight excluding hydrogens is 336 g/mol. The second-order valence-corrected chi connectivity index (χ2v) is 7.83. The van der Waals surface area contributed by atoms with E-state index in [0.717, 1.165) is 30.5 Å². The van der Waals surface area contributed by atoms with Gasteiger partial charge < -0.3 is 9.47 Å². The number of rotatable bonds is 6. The highest BCUT2D eigenvalue weighted by Crippen LogP contribution is 2.44. The molecule has 2 aromatic carbocycles. The molecule has 0 radical (unpaired) electrons. The summed E-state index contributed by atoms with van der Waals surface area (Å²) in [6, 6.07) is 17.9. The van der Waals surface area contributed by atoms with Crippen LogP contribution < -0.4 is 9.47 Å². The summed E-state index contributed by atoms with van der Waals surface area (Å²) < 4.78 is 11.2. The lowest BCUT2D eigenvalue weighted by Crippen LogP contribution is -2.28. The van der Waals surface area contributed by atoms with Crippen LogP contribution in [0, 0.1) is 11.8 Å². The fourth-order valence-corrected chi connectivity index (χ4v) is 4.97. The van der Waals surface area contributed by atoms with Gasteiger partial charge in [0.25, 0.3) is 0 Å². The van der Waals surface area contributed by atoms with E-state index in [0.29, 0.717) is 18.6 Å². The smallest absolute Gasteiger partial charge is 0.161 e. The Hall–Kier alpha value is -2.04. The predicted molar refractivity (Wildman–Crippen MR) is 108 cm³/mol. The fraction of sp³-hybridized carbons (Fsp3) is 0.478. The van der Waals surface area contributed by atoms with Crippen molar-refractivity contribution in [2.45, 2.75) is 19.5 Å². The number of hydrogen-bond donors (Lipinski definition) is 0. The lowest BCUT2D eigenvalue weighted by molar-refractivity contribution is 0.224. The molecule has 2 aliphatic rings. The van der Waals surface area contributed by atoms with E-state index in [1.165, 1.54) is 24.2 Å². The Balaban J connectivity index is 1.46. The molecule has 144 valence electrons. The normalized spacial score (nSPS) is 25.5. The molecule has 2 heterocycles. The molecule has 2 saturated heterocycles. The topological polar surface area (TPSA) is 24.9 Å². The third-order valence-corrected chi connectivity index (χ3v) is 6.05. The minimum atomic E-state index is 0.538. The highest BCUT2D eigenvalue weighted by atomic mass is 16.5. The van der Waals surface area contributed by atoms with Gasteiger partial charge >= 0.3 is 0 Å². The van der Waals surface area contributed by atoms with Crippen molar-refractivity contribution in [3.63, 3.8) is 0 Å². The van der Waals surface area contributed by atoms with Gasteiger partial charge in [0, 0.05) is 32.2 Å². The second kappa shape index (κ2) is 7.91. The zero-order chi connectivity index (χ0) is 18.8. The largest absolute Gasteiger partial charge is 0.493 e. The molecule has 0 aromatic heterocycles. The maximum absolute atomic E-state index is 5.64. The molecular formula is C23H30N2O2. The van der Waals surface area contributed by atoms with Crippen LogP contribution in [0.25, 0.3) is 0 Å². The van der Waals surface area contributed by atoms with E-state index < -0.39 is 0 Å². The Morgan fingerprint density at radius 3 is 2.56 bits per heavy atom. The number of fused-ring (bicyclic) bond motifs is 1. The number of nitrogens with zero attached hydrogens (tertiary/aromatic N) is 2. The lowest BCUT2D eigenvalue weighted by Gasteiger charge is -2.27. The van der Waals surface area contributed by atoms with Crippen LogP contribution >= 0.6 is 0 Å². The Kier molecular flexibility index (Phi) is 5.37. The molecule has 0 N–H and O–H groups in total. The third kappa shape index (κ3) is 3.69. The molecule has 27 heavy (non-hydrogen) atoms. The van der Waals surface area contributed by atoms with Crippen LogP contribution in [0.4, 0.5) is 0 Å². The summed E-state index contributed by atoms with van der Waals surface area (Å²) in [5.41, 5.74) is 2.75. The molecule has 0 bridgehead atoms. The number of benzene rings is 2. The summed E-state index contributed by atoms with van der Waals surface area (Å²) in [7, 11) is 3.99. The average molecular weight is 367 g/mol. The molecule has 0 spiro atoms. The SMILES string of the molecule is CCOc1ccc(CN2C[C@@H]3CN(C)[C@@H](c4ccccc4)[C@@H]3C2)cc1OC. The summed E-state index contributed by atoms with van der Waals surface area (Å²) in [6.07, 6.45) is 0. The van der Waals surface area contributed by atoms with Gasteiger partial charge in [0.05, 0.1) is 13.7 Å². The van der Waals surface area contributed by atoms with Gasteiger partial charge in [-0.3, -0.25) is 9.80 Å². The molecule has 0 amide bonds. The van der Waals surface area contributed by atoms with Gasteiger partial charge in [0.2, 0.25) is 0 Å². The van der Waals surface area contributed by atoms with Crippen LogP contribution in [0.5, 0.6) is 11.5 Å². The van der Waals surface area contributed by atoms with Crippen LogP contribution in [0.15, 0.2) is 48.5 Å². The third-order valence-electron chi connectivity index (χ3n) is 6.05. The Bertz CT molecular complexity index is 764. The zero-order valence-electron chi connectivity index (χ0n) is 16.6. The summed E-state index contributed by atoms with van der Waals surface area (Å²) >= 11 is 0. The Morgan fingerprint density at radius 2 is 1.81 bits per heavy atom. The van der Waals surface area contributed by atoms with Crippen molar-refractivity contribution in [1.29, 1.82) is 0 Å². The molecule has 3 atom stereocenters. The van der Waals surface area contributed by atoms with Gasteiger partial charge in [-0.05, 0) is 49.1 Å². The minimum Gasteiger partial charge on any atom is -0.493 e. The van der Waals surface area contributed by atoms with Crippen molar-refractivity contribution in [2.75, 3.05) is 40.4 Å². The van der Waals surface area contributed by atoms with Gasteiger partial charge in [0.1, 0.15) is 0 Å². The molecule has 0 saturated carbocycles. The molecule has 4 rings (SSSR count). The van der Waals surface area contributed by atoms with Gasteiger partial charge in [-0.2, -0.15) is 0 Å². The molecule has 0 unspecified atom stereocenters. The van der Waals surface area contributed by atoms with Crippen molar-refractivity contribution in [1.82, 2.24) is 9.80 Å². The number of ether oxygens (including phenoxy) is 2. The van der Waals surface area contributed by atoms with Crippen molar-refractivity contribution in [2.24, 2.45) is 11.8 Å². The molecule has 2 fully saturated rings. The number of methoxy groups -OCH3 is 1. The van der Waals surface area contributed by atoms with Crippen molar-refractivity contribution < 1.29 is 9.47 Å². The molecule has 4 nitrogen and oxygen atoms in total. The highest BCUT2D eigenvalue weighted by molar-refractivity contribution is 5.43. The Morgan fingerprint density at radius 1 is 1.00 bits per heavy atom. The van der Waals surface area contributed by atoms with E-state index >= 15 is 0 Å². The number of likely N-dealkylation sites (tertiary alicyclic amines) is 2. The summed E-state index contributed by atoms with van der Waals surface area (Å²) in [5, 5.41) is 0. The summed E-state index contributed by atoms with van der Waals surface area (Å²) in [6.45, 7) is 7.14. The van der Waals surface area contributed by atoms with Crippen LogP contribution in [-0.4, -0.2) is 50.2 Å². The Labute approximate surface area is 162 Å². The monoisotopic (exact) mass is 366 g/mol. The van der Waals surface area contributed by atoms with Gasteiger partial charge in [0.15, 0.2) is 11.5 Å². The standard InChI is InChI=1S/C23H30N2O2/c1-4-27-21-11-10-17(12-22(21)26-3)13-25-15-19-14-24(2)23(20(19)16-25)18-8-6-5-7-9-18/h5-12,19-20,23H,4,13-16H2,1-3H3/t19-,20+,23-/m0/s1. The van der Waals surface area contributed by atoms with Crippen molar-refractivity contribution in [3.05, 3.63) is 59.7 Å². The maximum Gasteiger partial charge on any atom is 0.161 e. The summed E-state index contributed by atoms with van der Waals surface area (Å²) in [4.78, 5) is 5.15. The molecule has 2 aliphatic heterocycles. The van der Waals surface area contributed by atoms with E-state index in [2.05, 4.69) is 59.3 Å². The minimum absolute atomic E-state index is 0.538. The predicted octanol–water partition coefficient (Wildman–Crippen LogP) is 3.83. The van der Waals surface area contributed by atoms with E-state index in [9.17, 15) is 0 Å². The fourth-order valence-electron chi connectivity index (χ4n) is 4.97. The molecule has 2 aromatic rings. The van der Waals surface area contributed by atoms with E-state index in [1.807, 2.05) is 13.0 Å². The average Bonchev–Trinajstić information content (AvgIpc) is 3.19. The van der Waals surface area contributed by atoms with Crippen molar-refractivity contribution in [3.8, 4) is 11.5 Å². The first kappa shape index (κ1) is 18.3. The maximum atomic E-state index is 5.64. The van der Waals surface area contributed by atoms with Crippen LogP contribution in [0.1, 0.15) is 24.1 Å². The van der Waals surface area contributed by atoms with Crippen LogP contribution in [0.2, 0.25) is 0 Å². The van der Waals surface area contributed by atoms with Gasteiger partial charge in [-0.15, -0.1) is 0 Å². The van der Waals surface area contributed by atoms with E-state index in [1.54, 1.807) is 7.11 Å². The van der Waals surface area contributed by atoms with E-state index in [-0.39, 0.29) is 0 Å². The first-order chi connectivity index (χ1) is 13.2. The molecule has 4 heteroatoms. The second-order valence-electron chi connectivity index (χ2n) is 7.83. The molecule has 0 aliphatic carbocycles. The van der Waals surface area contributed by atoms with Gasteiger partial charge in [-0.1, -0.05) is 36.4 Å². The first-order valence-electron chi connectivity index (χ1n) is 9.96. The first-order valence-corrected chi connectivity index (χ1v) is 9.96. The van der Waals surface area contributed by atoms with Gasteiger partial charge in [-0.25, -0.2) is 0 Å². The van der Waals surface area contributed by atoms with Crippen LogP contribution in [-0.2, 0) is 6.54 Å². The summed E-state index contributed by atoms with van der Waals surface area (Å²) in [5.74, 6) is 3.12. The lowest BCUT2D eigenvalue weighted by atomic mass is 9.90. The zero-order valence-corrected chi connectivity index (χ0v) is 16.6. The highest BCUT2D eigenvalue weighted by Gasteiger charge is 2.45.